The summed E-state index contributed by atoms with van der Waals surface area (Å²) in [4.78, 5) is 0. The first-order valence-corrected chi connectivity index (χ1v) is 5.10. The van der Waals surface area contributed by atoms with Gasteiger partial charge < -0.3 is 29.5 Å². The third-order valence-corrected chi connectivity index (χ3v) is 3.24. The van der Waals surface area contributed by atoms with Gasteiger partial charge in [0.25, 0.3) is 0 Å². The topological polar surface area (TPSA) is 88.4 Å². The zero-order chi connectivity index (χ0) is 12.6. The monoisotopic (exact) mass is 236 g/mol. The molecule has 0 bridgehead atoms. The van der Waals surface area contributed by atoms with Crippen molar-refractivity contribution in [1.82, 2.24) is 0 Å². The second-order valence-electron chi connectivity index (χ2n) is 4.33. The van der Waals surface area contributed by atoms with E-state index < -0.39 is 29.7 Å². The van der Waals surface area contributed by atoms with Gasteiger partial charge in [0.2, 0.25) is 0 Å². The van der Waals surface area contributed by atoms with Gasteiger partial charge in [0.05, 0.1) is 6.61 Å². The Morgan fingerprint density at radius 3 is 2.12 bits per heavy atom. The average molecular weight is 236 g/mol. The second kappa shape index (κ2) is 4.56. The van der Waals surface area contributed by atoms with Crippen LogP contribution in [0.4, 0.5) is 0 Å². The standard InChI is InChI=1S/C10H20O6/c1-9(12)8(15-4)7(14-3)6(5-11)16-10(9,2)13/h6-8,11-13H,5H2,1-4H3/t6-,7-,8+,9-,10+/m1/s1. The Bertz CT molecular complexity index is 239. The summed E-state index contributed by atoms with van der Waals surface area (Å²) in [5.74, 6) is -1.81. The lowest BCUT2D eigenvalue weighted by atomic mass is 9.82. The van der Waals surface area contributed by atoms with Gasteiger partial charge in [0, 0.05) is 14.2 Å². The first-order chi connectivity index (χ1) is 7.31. The van der Waals surface area contributed by atoms with Crippen molar-refractivity contribution < 1.29 is 29.5 Å². The summed E-state index contributed by atoms with van der Waals surface area (Å²) in [5.41, 5.74) is -1.63. The molecule has 1 saturated heterocycles. The molecule has 1 aliphatic rings. The SMILES string of the molecule is CO[C@@H]1[C@@H](CO)O[C@](C)(O)[C@](C)(O)[C@H]1OC. The molecule has 6 heteroatoms. The third kappa shape index (κ3) is 1.97. The summed E-state index contributed by atoms with van der Waals surface area (Å²) >= 11 is 0. The van der Waals surface area contributed by atoms with Crippen LogP contribution in [0.1, 0.15) is 13.8 Å². The van der Waals surface area contributed by atoms with E-state index in [0.717, 1.165) is 0 Å². The normalized spacial score (nSPS) is 49.3. The molecule has 0 aromatic heterocycles. The van der Waals surface area contributed by atoms with Crippen molar-refractivity contribution in [2.45, 2.75) is 43.5 Å². The van der Waals surface area contributed by atoms with E-state index in [4.69, 9.17) is 19.3 Å². The van der Waals surface area contributed by atoms with Crippen LogP contribution in [0.25, 0.3) is 0 Å². The van der Waals surface area contributed by atoms with Crippen LogP contribution in [-0.2, 0) is 14.2 Å². The van der Waals surface area contributed by atoms with Gasteiger partial charge in [0.15, 0.2) is 5.79 Å². The van der Waals surface area contributed by atoms with Crippen LogP contribution < -0.4 is 0 Å². The number of aliphatic hydroxyl groups excluding tert-OH is 1. The molecular weight excluding hydrogens is 216 g/mol. The fraction of sp³-hybridized carbons (Fsp3) is 1.00. The summed E-state index contributed by atoms with van der Waals surface area (Å²) < 4.78 is 15.5. The minimum atomic E-state index is -1.81. The number of aliphatic hydroxyl groups is 3. The first kappa shape index (κ1) is 13.8. The molecule has 1 heterocycles. The highest BCUT2D eigenvalue weighted by molar-refractivity contribution is 5.04. The lowest BCUT2D eigenvalue weighted by Gasteiger charge is -2.52. The van der Waals surface area contributed by atoms with E-state index >= 15 is 0 Å². The molecule has 0 radical (unpaired) electrons. The van der Waals surface area contributed by atoms with E-state index in [-0.39, 0.29) is 6.61 Å². The van der Waals surface area contributed by atoms with E-state index in [1.807, 2.05) is 0 Å². The van der Waals surface area contributed by atoms with Gasteiger partial charge in [-0.2, -0.15) is 0 Å². The number of methoxy groups -OCH3 is 2. The lowest BCUT2D eigenvalue weighted by molar-refractivity contribution is -0.381. The van der Waals surface area contributed by atoms with Gasteiger partial charge in [-0.25, -0.2) is 0 Å². The Morgan fingerprint density at radius 2 is 1.75 bits per heavy atom. The van der Waals surface area contributed by atoms with Crippen LogP contribution in [-0.4, -0.2) is 65.8 Å². The van der Waals surface area contributed by atoms with Crippen molar-refractivity contribution in [3.05, 3.63) is 0 Å². The summed E-state index contributed by atoms with van der Waals surface area (Å²) in [5, 5.41) is 29.4. The van der Waals surface area contributed by atoms with Crippen LogP contribution in [0.3, 0.4) is 0 Å². The number of rotatable bonds is 3. The highest BCUT2D eigenvalue weighted by Crippen LogP contribution is 2.38. The smallest absolute Gasteiger partial charge is 0.194 e. The third-order valence-electron chi connectivity index (χ3n) is 3.24. The molecule has 0 aromatic carbocycles. The van der Waals surface area contributed by atoms with Crippen LogP contribution >= 0.6 is 0 Å². The Hall–Kier alpha value is -0.240. The van der Waals surface area contributed by atoms with Crippen molar-refractivity contribution in [1.29, 1.82) is 0 Å². The van der Waals surface area contributed by atoms with Crippen molar-refractivity contribution in [3.63, 3.8) is 0 Å². The molecule has 0 aromatic rings. The van der Waals surface area contributed by atoms with Crippen molar-refractivity contribution >= 4 is 0 Å². The summed E-state index contributed by atoms with van der Waals surface area (Å²) in [6.07, 6.45) is -2.19. The second-order valence-corrected chi connectivity index (χ2v) is 4.33. The molecule has 1 fully saturated rings. The summed E-state index contributed by atoms with van der Waals surface area (Å²) in [6, 6.07) is 0. The van der Waals surface area contributed by atoms with Gasteiger partial charge in [-0.15, -0.1) is 0 Å². The summed E-state index contributed by atoms with van der Waals surface area (Å²) in [7, 11) is 2.83. The molecule has 1 aliphatic heterocycles. The molecule has 0 aliphatic carbocycles. The maximum Gasteiger partial charge on any atom is 0.194 e. The van der Waals surface area contributed by atoms with Crippen LogP contribution in [0, 0.1) is 0 Å². The highest BCUT2D eigenvalue weighted by atomic mass is 16.7. The van der Waals surface area contributed by atoms with Gasteiger partial charge >= 0.3 is 0 Å². The molecule has 3 N–H and O–H groups in total. The average Bonchev–Trinajstić information content (AvgIpc) is 2.20. The van der Waals surface area contributed by atoms with E-state index in [1.165, 1.54) is 28.1 Å². The van der Waals surface area contributed by atoms with Crippen molar-refractivity contribution in [3.8, 4) is 0 Å². The molecular formula is C10H20O6. The van der Waals surface area contributed by atoms with Gasteiger partial charge in [0.1, 0.15) is 23.9 Å². The maximum absolute atomic E-state index is 10.2. The Kier molecular flexibility index (Phi) is 3.94. The molecule has 0 amide bonds. The Labute approximate surface area is 94.7 Å². The van der Waals surface area contributed by atoms with Crippen LogP contribution in [0.2, 0.25) is 0 Å². The molecule has 16 heavy (non-hydrogen) atoms. The van der Waals surface area contributed by atoms with Crippen molar-refractivity contribution in [2.75, 3.05) is 20.8 Å². The number of hydrogen-bond acceptors (Lipinski definition) is 6. The molecule has 0 unspecified atom stereocenters. The van der Waals surface area contributed by atoms with Gasteiger partial charge in [-0.05, 0) is 13.8 Å². The Morgan fingerprint density at radius 1 is 1.19 bits per heavy atom. The Balaban J connectivity index is 3.06. The largest absolute Gasteiger partial charge is 0.394 e. The predicted octanol–water partition coefficient (Wildman–Crippen LogP) is -1.13. The lowest BCUT2D eigenvalue weighted by Crippen LogP contribution is -2.71. The molecule has 0 spiro atoms. The summed E-state index contributed by atoms with van der Waals surface area (Å²) in [6.45, 7) is 2.40. The zero-order valence-corrected chi connectivity index (χ0v) is 10.0. The fourth-order valence-corrected chi connectivity index (χ4v) is 2.04. The minimum Gasteiger partial charge on any atom is -0.394 e. The minimum absolute atomic E-state index is 0.329. The van der Waals surface area contributed by atoms with Gasteiger partial charge in [-0.1, -0.05) is 0 Å². The van der Waals surface area contributed by atoms with Crippen molar-refractivity contribution in [2.24, 2.45) is 0 Å². The maximum atomic E-state index is 10.2. The number of ether oxygens (including phenoxy) is 3. The zero-order valence-electron chi connectivity index (χ0n) is 10.0. The van der Waals surface area contributed by atoms with E-state index in [1.54, 1.807) is 0 Å². The quantitative estimate of drug-likeness (QED) is 0.574. The molecule has 96 valence electrons. The van der Waals surface area contributed by atoms with E-state index in [0.29, 0.717) is 0 Å². The number of hydrogen-bond donors (Lipinski definition) is 3. The van der Waals surface area contributed by atoms with Gasteiger partial charge in [-0.3, -0.25) is 0 Å². The predicted molar refractivity (Wildman–Crippen MR) is 54.8 cm³/mol. The molecule has 1 rings (SSSR count). The van der Waals surface area contributed by atoms with Crippen LogP contribution in [0.5, 0.6) is 0 Å². The van der Waals surface area contributed by atoms with E-state index in [9.17, 15) is 10.2 Å². The first-order valence-electron chi connectivity index (χ1n) is 5.10. The fourth-order valence-electron chi connectivity index (χ4n) is 2.04. The molecule has 6 nitrogen and oxygen atoms in total. The molecule has 0 saturated carbocycles. The van der Waals surface area contributed by atoms with Crippen LogP contribution in [0.15, 0.2) is 0 Å². The highest BCUT2D eigenvalue weighted by Gasteiger charge is 2.59. The van der Waals surface area contributed by atoms with E-state index in [2.05, 4.69) is 0 Å². The molecule has 5 atom stereocenters.